The summed E-state index contributed by atoms with van der Waals surface area (Å²) in [6.07, 6.45) is 1.23. The molecule has 1 amide bonds. The monoisotopic (exact) mass is 253 g/mol. The number of anilines is 1. The second-order valence-corrected chi connectivity index (χ2v) is 3.43. The van der Waals surface area contributed by atoms with Gasteiger partial charge in [0.25, 0.3) is 5.91 Å². The van der Waals surface area contributed by atoms with Crippen molar-refractivity contribution in [3.63, 3.8) is 0 Å². The first-order chi connectivity index (χ1) is 8.40. The predicted octanol–water partition coefficient (Wildman–Crippen LogP) is -0.725. The smallest absolute Gasteiger partial charge is 0.323 e. The first kappa shape index (κ1) is 13.4. The van der Waals surface area contributed by atoms with Crippen molar-refractivity contribution in [3.8, 4) is 0 Å². The van der Waals surface area contributed by atoms with Gasteiger partial charge >= 0.3 is 11.9 Å². The fraction of sp³-hybridized carbons (Fsp3) is 0.200. The Morgan fingerprint density at radius 1 is 1.17 bits per heavy atom. The number of nitrogens with zero attached hydrogens (tertiary/aromatic N) is 2. The predicted molar refractivity (Wildman–Crippen MR) is 59.8 cm³/mol. The zero-order valence-corrected chi connectivity index (χ0v) is 9.24. The van der Waals surface area contributed by atoms with Crippen LogP contribution in [0.5, 0.6) is 0 Å². The van der Waals surface area contributed by atoms with Gasteiger partial charge in [0.2, 0.25) is 0 Å². The molecule has 0 spiro atoms. The quantitative estimate of drug-likeness (QED) is 0.630. The van der Waals surface area contributed by atoms with Gasteiger partial charge in [-0.15, -0.1) is 0 Å². The lowest BCUT2D eigenvalue weighted by Crippen LogP contribution is -2.39. The zero-order valence-electron chi connectivity index (χ0n) is 9.24. The molecule has 0 aliphatic heterocycles. The number of nitrogens with two attached hydrogens (primary N) is 1. The Kier molecular flexibility index (Phi) is 4.19. The molecular weight excluding hydrogens is 242 g/mol. The van der Waals surface area contributed by atoms with E-state index in [-0.39, 0.29) is 5.69 Å². The lowest BCUT2D eigenvalue weighted by molar-refractivity contribution is -0.140. The van der Waals surface area contributed by atoms with E-state index in [1.54, 1.807) is 0 Å². The van der Waals surface area contributed by atoms with Gasteiger partial charge < -0.3 is 20.8 Å². The molecule has 8 heteroatoms. The number of aromatic nitrogens is 1. The molecule has 1 aromatic rings. The third-order valence-electron chi connectivity index (χ3n) is 1.94. The highest BCUT2D eigenvalue weighted by Gasteiger charge is 2.21. The number of carboxylic acid groups (broad SMARTS) is 2. The molecule has 1 rings (SSSR count). The highest BCUT2D eigenvalue weighted by Crippen LogP contribution is 2.05. The van der Waals surface area contributed by atoms with E-state index in [2.05, 4.69) is 4.98 Å². The van der Waals surface area contributed by atoms with Crippen molar-refractivity contribution in [2.45, 2.75) is 0 Å². The minimum Gasteiger partial charge on any atom is -0.480 e. The van der Waals surface area contributed by atoms with Crippen molar-refractivity contribution >= 4 is 23.5 Å². The van der Waals surface area contributed by atoms with Crippen molar-refractivity contribution in [2.24, 2.45) is 0 Å². The number of pyridine rings is 1. The van der Waals surface area contributed by atoms with E-state index < -0.39 is 30.9 Å². The summed E-state index contributed by atoms with van der Waals surface area (Å²) in [4.78, 5) is 37.3. The largest absolute Gasteiger partial charge is 0.480 e. The third-order valence-corrected chi connectivity index (χ3v) is 1.94. The van der Waals surface area contributed by atoms with Crippen LogP contribution in [0.1, 0.15) is 10.5 Å². The van der Waals surface area contributed by atoms with Crippen molar-refractivity contribution < 1.29 is 24.6 Å². The number of aliphatic carboxylic acids is 2. The van der Waals surface area contributed by atoms with Gasteiger partial charge in [0.1, 0.15) is 18.8 Å². The van der Waals surface area contributed by atoms with Crippen molar-refractivity contribution in [2.75, 3.05) is 18.8 Å². The molecule has 8 nitrogen and oxygen atoms in total. The summed E-state index contributed by atoms with van der Waals surface area (Å²) < 4.78 is 0. The number of carbonyl (C=O) groups excluding carboxylic acids is 1. The molecular formula is C10H11N3O5. The number of carboxylic acids is 2. The van der Waals surface area contributed by atoms with Gasteiger partial charge in [0.05, 0.1) is 11.9 Å². The topological polar surface area (TPSA) is 134 Å². The van der Waals surface area contributed by atoms with Gasteiger partial charge in [-0.3, -0.25) is 14.4 Å². The summed E-state index contributed by atoms with van der Waals surface area (Å²) in [6, 6.07) is 2.72. The van der Waals surface area contributed by atoms with Gasteiger partial charge in [-0.25, -0.2) is 4.98 Å². The van der Waals surface area contributed by atoms with Crippen LogP contribution < -0.4 is 5.73 Å². The highest BCUT2D eigenvalue weighted by atomic mass is 16.4. The standard InChI is InChI=1S/C10H11N3O5/c11-6-1-2-7(12-3-6)10(18)13(4-8(14)15)5-9(16)17/h1-3H,4-5,11H2,(H,14,15)(H,16,17). The Balaban J connectivity index is 2.90. The van der Waals surface area contributed by atoms with Gasteiger partial charge in [-0.1, -0.05) is 0 Å². The lowest BCUT2D eigenvalue weighted by Gasteiger charge is -2.17. The molecule has 0 aliphatic carbocycles. The molecule has 1 heterocycles. The van der Waals surface area contributed by atoms with Crippen LogP contribution in [0.3, 0.4) is 0 Å². The first-order valence-corrected chi connectivity index (χ1v) is 4.84. The van der Waals surface area contributed by atoms with Crippen molar-refractivity contribution in [1.82, 2.24) is 9.88 Å². The summed E-state index contributed by atoms with van der Waals surface area (Å²) >= 11 is 0. The number of nitrogen functional groups attached to an aromatic ring is 1. The third kappa shape index (κ3) is 3.74. The van der Waals surface area contributed by atoms with Crippen LogP contribution in [0.4, 0.5) is 5.69 Å². The number of hydrogen-bond donors (Lipinski definition) is 3. The fourth-order valence-electron chi connectivity index (χ4n) is 1.22. The molecule has 96 valence electrons. The van der Waals surface area contributed by atoms with Crippen molar-refractivity contribution in [1.29, 1.82) is 0 Å². The van der Waals surface area contributed by atoms with Gasteiger partial charge in [0.15, 0.2) is 0 Å². The first-order valence-electron chi connectivity index (χ1n) is 4.84. The summed E-state index contributed by atoms with van der Waals surface area (Å²) in [5.74, 6) is -3.39. The average Bonchev–Trinajstić information content (AvgIpc) is 2.27. The van der Waals surface area contributed by atoms with E-state index in [4.69, 9.17) is 15.9 Å². The Morgan fingerprint density at radius 2 is 1.72 bits per heavy atom. The Bertz CT molecular complexity index is 455. The van der Waals surface area contributed by atoms with Crippen LogP contribution in [-0.4, -0.2) is 51.0 Å². The molecule has 0 unspecified atom stereocenters. The van der Waals surface area contributed by atoms with Crippen LogP contribution in [0.2, 0.25) is 0 Å². The minimum absolute atomic E-state index is 0.0632. The molecule has 4 N–H and O–H groups in total. The van der Waals surface area contributed by atoms with E-state index in [1.807, 2.05) is 0 Å². The minimum atomic E-state index is -1.31. The second kappa shape index (κ2) is 5.62. The molecule has 18 heavy (non-hydrogen) atoms. The number of amides is 1. The molecule has 0 radical (unpaired) electrons. The van der Waals surface area contributed by atoms with Crippen LogP contribution >= 0.6 is 0 Å². The molecule has 0 aliphatic rings. The summed E-state index contributed by atoms with van der Waals surface area (Å²) in [5.41, 5.74) is 5.67. The maximum atomic E-state index is 11.8. The van der Waals surface area contributed by atoms with Gasteiger partial charge in [-0.05, 0) is 12.1 Å². The molecule has 0 aromatic carbocycles. The number of rotatable bonds is 5. The van der Waals surface area contributed by atoms with E-state index in [9.17, 15) is 14.4 Å². The van der Waals surface area contributed by atoms with E-state index in [1.165, 1.54) is 18.3 Å². The fourth-order valence-corrected chi connectivity index (χ4v) is 1.22. The highest BCUT2D eigenvalue weighted by molar-refractivity contribution is 5.96. The van der Waals surface area contributed by atoms with Crippen molar-refractivity contribution in [3.05, 3.63) is 24.0 Å². The molecule has 0 saturated carbocycles. The average molecular weight is 253 g/mol. The summed E-state index contributed by atoms with van der Waals surface area (Å²) in [5, 5.41) is 17.2. The van der Waals surface area contributed by atoms with Gasteiger partial charge in [0, 0.05) is 0 Å². The van der Waals surface area contributed by atoms with Gasteiger partial charge in [-0.2, -0.15) is 0 Å². The molecule has 0 saturated heterocycles. The van der Waals surface area contributed by atoms with E-state index in [0.29, 0.717) is 10.6 Å². The number of carbonyl (C=O) groups is 3. The van der Waals surface area contributed by atoms with Crippen LogP contribution in [0.25, 0.3) is 0 Å². The Hall–Kier alpha value is -2.64. The van der Waals surface area contributed by atoms with E-state index in [0.717, 1.165) is 0 Å². The maximum Gasteiger partial charge on any atom is 0.323 e. The molecule has 0 bridgehead atoms. The SMILES string of the molecule is Nc1ccc(C(=O)N(CC(=O)O)CC(=O)O)nc1. The summed E-state index contributed by atoms with van der Waals surface area (Å²) in [6.45, 7) is -1.42. The van der Waals surface area contributed by atoms with Crippen LogP contribution in [-0.2, 0) is 9.59 Å². The normalized spacial score (nSPS) is 9.78. The van der Waals surface area contributed by atoms with E-state index >= 15 is 0 Å². The maximum absolute atomic E-state index is 11.8. The summed E-state index contributed by atoms with van der Waals surface area (Å²) in [7, 11) is 0. The second-order valence-electron chi connectivity index (χ2n) is 3.43. The molecule has 1 aromatic heterocycles. The van der Waals surface area contributed by atoms with Crippen LogP contribution in [0, 0.1) is 0 Å². The Morgan fingerprint density at radius 3 is 2.11 bits per heavy atom. The number of hydrogen-bond acceptors (Lipinski definition) is 5. The zero-order chi connectivity index (χ0) is 13.7. The lowest BCUT2D eigenvalue weighted by atomic mass is 10.3. The van der Waals surface area contributed by atoms with Crippen LogP contribution in [0.15, 0.2) is 18.3 Å². The Labute approximate surface area is 102 Å². The molecule has 0 fully saturated rings. The molecule has 0 atom stereocenters.